The van der Waals surface area contributed by atoms with Crippen molar-refractivity contribution in [1.29, 1.82) is 0 Å². The summed E-state index contributed by atoms with van der Waals surface area (Å²) in [6.07, 6.45) is 2.67. The largest absolute Gasteiger partial charge is 0.381 e. The van der Waals surface area contributed by atoms with Crippen LogP contribution in [-0.2, 0) is 17.6 Å². The molecular weight excluding hydrogens is 218 g/mol. The Labute approximate surface area is 103 Å². The van der Waals surface area contributed by atoms with E-state index in [1.54, 1.807) is 7.11 Å². The molecule has 0 aromatic carbocycles. The Bertz CT molecular complexity index is 312. The van der Waals surface area contributed by atoms with E-state index in [0.717, 1.165) is 25.2 Å². The van der Waals surface area contributed by atoms with E-state index >= 15 is 0 Å². The summed E-state index contributed by atoms with van der Waals surface area (Å²) in [5.74, 6) is 1.44. The predicted molar refractivity (Wildman–Crippen MR) is 65.9 cm³/mol. The first-order valence-corrected chi connectivity index (χ1v) is 6.19. The third-order valence-corrected chi connectivity index (χ3v) is 2.50. The first-order valence-electron chi connectivity index (χ1n) is 6.19. The smallest absolute Gasteiger partial charge is 0.226 e. The van der Waals surface area contributed by atoms with Crippen molar-refractivity contribution >= 4 is 0 Å². The van der Waals surface area contributed by atoms with Crippen molar-refractivity contribution in [3.05, 3.63) is 11.7 Å². The van der Waals surface area contributed by atoms with Crippen LogP contribution in [0.4, 0.5) is 0 Å². The van der Waals surface area contributed by atoms with Crippen LogP contribution >= 0.6 is 0 Å². The minimum Gasteiger partial charge on any atom is -0.381 e. The summed E-state index contributed by atoms with van der Waals surface area (Å²) in [5.41, 5.74) is 0. The minimum absolute atomic E-state index is 0.128. The maximum atomic E-state index is 5.17. The van der Waals surface area contributed by atoms with Gasteiger partial charge in [-0.15, -0.1) is 0 Å². The predicted octanol–water partition coefficient (Wildman–Crippen LogP) is 1.58. The molecule has 0 bridgehead atoms. The van der Waals surface area contributed by atoms with Crippen molar-refractivity contribution in [3.8, 4) is 0 Å². The molecule has 0 aliphatic carbocycles. The number of ether oxygens (including phenoxy) is 1. The quantitative estimate of drug-likeness (QED) is 0.700. The van der Waals surface area contributed by atoms with Crippen LogP contribution in [0, 0.1) is 0 Å². The number of nitrogens with zero attached hydrogens (tertiary/aromatic N) is 2. The van der Waals surface area contributed by atoms with Crippen molar-refractivity contribution in [2.75, 3.05) is 13.7 Å². The number of hydrogen-bond acceptors (Lipinski definition) is 5. The van der Waals surface area contributed by atoms with Gasteiger partial charge in [0.05, 0.1) is 6.10 Å². The van der Waals surface area contributed by atoms with Gasteiger partial charge < -0.3 is 14.6 Å². The lowest BCUT2D eigenvalue weighted by atomic mass is 10.2. The summed E-state index contributed by atoms with van der Waals surface area (Å²) in [5, 5.41) is 7.29. The number of aromatic nitrogens is 2. The highest BCUT2D eigenvalue weighted by molar-refractivity contribution is 4.88. The fraction of sp³-hybridized carbons (Fsp3) is 0.833. The lowest BCUT2D eigenvalue weighted by molar-refractivity contribution is 0.116. The maximum Gasteiger partial charge on any atom is 0.226 e. The van der Waals surface area contributed by atoms with Gasteiger partial charge in [-0.2, -0.15) is 4.98 Å². The summed E-state index contributed by atoms with van der Waals surface area (Å²) >= 11 is 0. The average molecular weight is 241 g/mol. The molecule has 1 heterocycles. The highest BCUT2D eigenvalue weighted by Crippen LogP contribution is 2.04. The Morgan fingerprint density at radius 3 is 2.76 bits per heavy atom. The van der Waals surface area contributed by atoms with Crippen LogP contribution in [0.25, 0.3) is 0 Å². The minimum atomic E-state index is 0.128. The summed E-state index contributed by atoms with van der Waals surface area (Å²) in [7, 11) is 1.68. The van der Waals surface area contributed by atoms with Crippen molar-refractivity contribution in [2.24, 2.45) is 0 Å². The molecule has 0 amide bonds. The molecule has 98 valence electrons. The van der Waals surface area contributed by atoms with E-state index in [-0.39, 0.29) is 6.10 Å². The van der Waals surface area contributed by atoms with Gasteiger partial charge in [0.15, 0.2) is 5.82 Å². The Kier molecular flexibility index (Phi) is 6.15. The topological polar surface area (TPSA) is 60.2 Å². The van der Waals surface area contributed by atoms with Crippen molar-refractivity contribution in [2.45, 2.75) is 52.2 Å². The number of aryl methyl sites for hydroxylation is 1. The van der Waals surface area contributed by atoms with Crippen LogP contribution < -0.4 is 5.32 Å². The van der Waals surface area contributed by atoms with E-state index in [2.05, 4.69) is 29.3 Å². The summed E-state index contributed by atoms with van der Waals surface area (Å²) in [4.78, 5) is 4.33. The Hall–Kier alpha value is -0.940. The first-order chi connectivity index (χ1) is 8.11. The molecule has 0 radical (unpaired) electrons. The van der Waals surface area contributed by atoms with Crippen LogP contribution in [0.1, 0.15) is 38.9 Å². The molecule has 1 rings (SSSR count). The lowest BCUT2D eigenvalue weighted by Gasteiger charge is -2.05. The summed E-state index contributed by atoms with van der Waals surface area (Å²) in [6.45, 7) is 7.24. The molecule has 1 aromatic rings. The molecule has 0 fully saturated rings. The molecule has 17 heavy (non-hydrogen) atoms. The number of nitrogens with one attached hydrogen (secondary N) is 1. The molecular formula is C12H23N3O2. The molecule has 1 N–H and O–H groups in total. The molecule has 1 atom stereocenters. The number of methoxy groups -OCH3 is 1. The highest BCUT2D eigenvalue weighted by atomic mass is 16.5. The van der Waals surface area contributed by atoms with Gasteiger partial charge in [0.25, 0.3) is 0 Å². The monoisotopic (exact) mass is 241 g/mol. The lowest BCUT2D eigenvalue weighted by Crippen LogP contribution is -2.23. The molecule has 5 heteroatoms. The van der Waals surface area contributed by atoms with Gasteiger partial charge in [0, 0.05) is 26.0 Å². The van der Waals surface area contributed by atoms with Crippen LogP contribution in [0.2, 0.25) is 0 Å². The second-order valence-corrected chi connectivity index (χ2v) is 4.57. The molecule has 1 aromatic heterocycles. The molecule has 0 saturated carbocycles. The fourth-order valence-corrected chi connectivity index (χ4v) is 1.45. The Morgan fingerprint density at radius 1 is 1.35 bits per heavy atom. The normalized spacial score (nSPS) is 13.2. The third kappa shape index (κ3) is 5.79. The van der Waals surface area contributed by atoms with E-state index in [1.165, 1.54) is 0 Å². The van der Waals surface area contributed by atoms with Gasteiger partial charge in [-0.3, -0.25) is 0 Å². The van der Waals surface area contributed by atoms with Crippen molar-refractivity contribution in [3.63, 3.8) is 0 Å². The average Bonchev–Trinajstić information content (AvgIpc) is 2.72. The van der Waals surface area contributed by atoms with Gasteiger partial charge in [-0.05, 0) is 19.9 Å². The highest BCUT2D eigenvalue weighted by Gasteiger charge is 2.09. The molecule has 0 spiro atoms. The van der Waals surface area contributed by atoms with E-state index in [4.69, 9.17) is 9.26 Å². The second kappa shape index (κ2) is 7.40. The molecule has 0 saturated heterocycles. The zero-order valence-corrected chi connectivity index (χ0v) is 11.2. The number of hydrogen-bond donors (Lipinski definition) is 1. The van der Waals surface area contributed by atoms with Gasteiger partial charge in [0.1, 0.15) is 0 Å². The maximum absolute atomic E-state index is 5.17. The van der Waals surface area contributed by atoms with Gasteiger partial charge in [-0.25, -0.2) is 0 Å². The van der Waals surface area contributed by atoms with Gasteiger partial charge in [0.2, 0.25) is 5.89 Å². The third-order valence-electron chi connectivity index (χ3n) is 2.50. The Balaban J connectivity index is 2.26. The SMILES string of the molecule is COC(C)Cc1noc(CCCNC(C)C)n1. The fourth-order valence-electron chi connectivity index (χ4n) is 1.45. The zero-order valence-electron chi connectivity index (χ0n) is 11.2. The van der Waals surface area contributed by atoms with E-state index in [9.17, 15) is 0 Å². The van der Waals surface area contributed by atoms with Crippen LogP contribution in [0.5, 0.6) is 0 Å². The van der Waals surface area contributed by atoms with E-state index in [1.807, 2.05) is 6.92 Å². The molecule has 1 unspecified atom stereocenters. The van der Waals surface area contributed by atoms with Crippen LogP contribution in [0.15, 0.2) is 4.52 Å². The summed E-state index contributed by atoms with van der Waals surface area (Å²) in [6, 6.07) is 0.524. The summed E-state index contributed by atoms with van der Waals surface area (Å²) < 4.78 is 10.3. The van der Waals surface area contributed by atoms with Gasteiger partial charge >= 0.3 is 0 Å². The van der Waals surface area contributed by atoms with Crippen molar-refractivity contribution in [1.82, 2.24) is 15.5 Å². The second-order valence-electron chi connectivity index (χ2n) is 4.57. The first kappa shape index (κ1) is 14.1. The van der Waals surface area contributed by atoms with E-state index in [0.29, 0.717) is 18.4 Å². The van der Waals surface area contributed by atoms with E-state index < -0.39 is 0 Å². The standard InChI is InChI=1S/C12H23N3O2/c1-9(2)13-7-5-6-12-14-11(15-17-12)8-10(3)16-4/h9-10,13H,5-8H2,1-4H3. The molecule has 5 nitrogen and oxygen atoms in total. The number of rotatable bonds is 8. The molecule has 0 aliphatic rings. The molecule has 0 aliphatic heterocycles. The zero-order chi connectivity index (χ0) is 12.7. The van der Waals surface area contributed by atoms with Crippen molar-refractivity contribution < 1.29 is 9.26 Å². The van der Waals surface area contributed by atoms with Gasteiger partial charge in [-0.1, -0.05) is 19.0 Å². The van der Waals surface area contributed by atoms with Crippen LogP contribution in [-0.4, -0.2) is 35.9 Å². The van der Waals surface area contributed by atoms with Crippen LogP contribution in [0.3, 0.4) is 0 Å². The Morgan fingerprint density at radius 2 is 2.12 bits per heavy atom.